The summed E-state index contributed by atoms with van der Waals surface area (Å²) < 4.78 is 5.62. The molecule has 2 aliphatic heterocycles. The molecule has 18 heavy (non-hydrogen) atoms. The van der Waals surface area contributed by atoms with E-state index in [0.717, 1.165) is 5.56 Å². The molecule has 94 valence electrons. The number of epoxide rings is 1. The highest BCUT2D eigenvalue weighted by molar-refractivity contribution is 6.11. The largest absolute Gasteiger partial charge is 0.480 e. The lowest BCUT2D eigenvalue weighted by molar-refractivity contribution is -0.137. The van der Waals surface area contributed by atoms with E-state index in [0.29, 0.717) is 5.69 Å². The number of carbonyl (C=O) groups excluding carboxylic acids is 1. The van der Waals surface area contributed by atoms with Gasteiger partial charge in [-0.3, -0.25) is 14.5 Å². The number of fused-ring (bicyclic) bond motifs is 2. The first-order valence-corrected chi connectivity index (χ1v) is 5.73. The zero-order chi connectivity index (χ0) is 13.1. The van der Waals surface area contributed by atoms with Crippen molar-refractivity contribution in [3.8, 4) is 0 Å². The molecule has 0 aromatic heterocycles. The number of ether oxygens (including phenoxy) is 1. The molecule has 1 atom stereocenters. The SMILES string of the molecule is CC1(C)OC12C(=O)N(CC(=O)O)c1ccccc12. The van der Waals surface area contributed by atoms with Crippen LogP contribution < -0.4 is 4.90 Å². The van der Waals surface area contributed by atoms with Gasteiger partial charge in [0.05, 0.1) is 5.69 Å². The molecule has 0 aliphatic carbocycles. The van der Waals surface area contributed by atoms with Crippen molar-refractivity contribution >= 4 is 17.6 Å². The quantitative estimate of drug-likeness (QED) is 0.795. The van der Waals surface area contributed by atoms with Gasteiger partial charge in [-0.05, 0) is 19.9 Å². The predicted molar refractivity (Wildman–Crippen MR) is 63.3 cm³/mol. The van der Waals surface area contributed by atoms with E-state index in [2.05, 4.69) is 0 Å². The van der Waals surface area contributed by atoms with Gasteiger partial charge in [0, 0.05) is 5.56 Å². The molecule has 1 spiro atoms. The van der Waals surface area contributed by atoms with E-state index in [1.807, 2.05) is 26.0 Å². The van der Waals surface area contributed by atoms with Gasteiger partial charge < -0.3 is 9.84 Å². The van der Waals surface area contributed by atoms with E-state index in [1.54, 1.807) is 12.1 Å². The molecule has 5 heteroatoms. The first-order valence-electron chi connectivity index (χ1n) is 5.73. The number of rotatable bonds is 2. The number of para-hydroxylation sites is 1. The van der Waals surface area contributed by atoms with Crippen LogP contribution in [0, 0.1) is 0 Å². The summed E-state index contributed by atoms with van der Waals surface area (Å²) in [5.41, 5.74) is -0.163. The third-order valence-electron chi connectivity index (χ3n) is 3.63. The van der Waals surface area contributed by atoms with E-state index in [4.69, 9.17) is 9.84 Å². The Balaban J connectivity index is 2.13. The predicted octanol–water partition coefficient (Wildman–Crippen LogP) is 1.12. The second-order valence-electron chi connectivity index (χ2n) is 5.10. The minimum absolute atomic E-state index is 0.281. The maximum absolute atomic E-state index is 12.4. The van der Waals surface area contributed by atoms with Crippen LogP contribution in [0.1, 0.15) is 19.4 Å². The van der Waals surface area contributed by atoms with E-state index in [-0.39, 0.29) is 12.5 Å². The van der Waals surface area contributed by atoms with Gasteiger partial charge in [0.2, 0.25) is 5.60 Å². The number of benzene rings is 1. The van der Waals surface area contributed by atoms with Crippen LogP contribution in [-0.4, -0.2) is 29.1 Å². The van der Waals surface area contributed by atoms with Crippen molar-refractivity contribution in [3.63, 3.8) is 0 Å². The molecule has 5 nitrogen and oxygen atoms in total. The highest BCUT2D eigenvalue weighted by Crippen LogP contribution is 2.62. The second kappa shape index (κ2) is 3.11. The van der Waals surface area contributed by atoms with Crippen LogP contribution in [0.4, 0.5) is 5.69 Å². The van der Waals surface area contributed by atoms with Gasteiger partial charge >= 0.3 is 5.97 Å². The van der Waals surface area contributed by atoms with Crippen molar-refractivity contribution in [1.82, 2.24) is 0 Å². The lowest BCUT2D eigenvalue weighted by atomic mass is 9.90. The number of carboxylic acids is 1. The van der Waals surface area contributed by atoms with Crippen LogP contribution in [0.25, 0.3) is 0 Å². The summed E-state index contributed by atoms with van der Waals surface area (Å²) >= 11 is 0. The summed E-state index contributed by atoms with van der Waals surface area (Å²) in [6.45, 7) is 3.34. The maximum Gasteiger partial charge on any atom is 0.323 e. The number of amides is 1. The fraction of sp³-hybridized carbons (Fsp3) is 0.385. The number of nitrogens with zero attached hydrogens (tertiary/aromatic N) is 1. The molecule has 0 bridgehead atoms. The van der Waals surface area contributed by atoms with Gasteiger partial charge in [0.15, 0.2) is 0 Å². The zero-order valence-electron chi connectivity index (χ0n) is 10.1. The molecule has 1 fully saturated rings. The molecule has 2 heterocycles. The van der Waals surface area contributed by atoms with E-state index in [9.17, 15) is 9.59 Å². The van der Waals surface area contributed by atoms with E-state index in [1.165, 1.54) is 4.90 Å². The lowest BCUT2D eigenvalue weighted by Gasteiger charge is -2.14. The molecular weight excluding hydrogens is 234 g/mol. The number of hydrogen-bond acceptors (Lipinski definition) is 3. The Bertz CT molecular complexity index is 566. The minimum atomic E-state index is -1.03. The Morgan fingerprint density at radius 1 is 1.39 bits per heavy atom. The second-order valence-corrected chi connectivity index (χ2v) is 5.10. The third kappa shape index (κ3) is 1.14. The van der Waals surface area contributed by atoms with Crippen LogP contribution in [0.3, 0.4) is 0 Å². The van der Waals surface area contributed by atoms with Crippen molar-refractivity contribution in [2.24, 2.45) is 0 Å². The van der Waals surface area contributed by atoms with Crippen molar-refractivity contribution in [1.29, 1.82) is 0 Å². The standard InChI is InChI=1S/C13H13NO4/c1-12(2)13(18-12)8-5-3-4-6-9(8)14(11(13)17)7-10(15)16/h3-6H,7H2,1-2H3,(H,15,16). The van der Waals surface area contributed by atoms with Gasteiger partial charge in [0.25, 0.3) is 5.91 Å². The molecule has 1 aromatic rings. The van der Waals surface area contributed by atoms with Crippen molar-refractivity contribution in [2.75, 3.05) is 11.4 Å². The molecular formula is C13H13NO4. The Morgan fingerprint density at radius 3 is 2.56 bits per heavy atom. The first-order chi connectivity index (χ1) is 8.40. The van der Waals surface area contributed by atoms with E-state index < -0.39 is 17.2 Å². The molecule has 1 amide bonds. The Morgan fingerprint density at radius 2 is 2.00 bits per heavy atom. The third-order valence-corrected chi connectivity index (χ3v) is 3.63. The summed E-state index contributed by atoms with van der Waals surface area (Å²) in [7, 11) is 0. The highest BCUT2D eigenvalue weighted by Gasteiger charge is 2.74. The summed E-state index contributed by atoms with van der Waals surface area (Å²) in [5, 5.41) is 8.90. The number of carbonyl (C=O) groups is 2. The summed E-state index contributed by atoms with van der Waals surface area (Å²) in [5.74, 6) is -1.32. The lowest BCUT2D eigenvalue weighted by Crippen LogP contribution is -2.38. The molecule has 1 aromatic carbocycles. The van der Waals surface area contributed by atoms with Crippen molar-refractivity contribution in [2.45, 2.75) is 25.0 Å². The smallest absolute Gasteiger partial charge is 0.323 e. The van der Waals surface area contributed by atoms with Crippen LogP contribution >= 0.6 is 0 Å². The molecule has 1 unspecified atom stereocenters. The summed E-state index contributed by atoms with van der Waals surface area (Å²) in [4.78, 5) is 24.6. The van der Waals surface area contributed by atoms with Crippen LogP contribution in [0.2, 0.25) is 0 Å². The Labute approximate surface area is 104 Å². The van der Waals surface area contributed by atoms with Gasteiger partial charge in [-0.1, -0.05) is 18.2 Å². The minimum Gasteiger partial charge on any atom is -0.480 e. The van der Waals surface area contributed by atoms with Crippen molar-refractivity contribution in [3.05, 3.63) is 29.8 Å². The zero-order valence-corrected chi connectivity index (χ0v) is 10.1. The monoisotopic (exact) mass is 247 g/mol. The fourth-order valence-electron chi connectivity index (χ4n) is 2.75. The number of hydrogen-bond donors (Lipinski definition) is 1. The number of aliphatic carboxylic acids is 1. The van der Waals surface area contributed by atoms with Crippen LogP contribution in [0.15, 0.2) is 24.3 Å². The van der Waals surface area contributed by atoms with Gasteiger partial charge in [0.1, 0.15) is 12.1 Å². The topological polar surface area (TPSA) is 70.1 Å². The number of anilines is 1. The molecule has 2 aliphatic rings. The molecule has 1 saturated heterocycles. The highest BCUT2D eigenvalue weighted by atomic mass is 16.6. The molecule has 1 N–H and O–H groups in total. The van der Waals surface area contributed by atoms with Crippen LogP contribution in [-0.2, 0) is 19.9 Å². The van der Waals surface area contributed by atoms with E-state index >= 15 is 0 Å². The van der Waals surface area contributed by atoms with Gasteiger partial charge in [-0.2, -0.15) is 0 Å². The average Bonchev–Trinajstić information content (AvgIpc) is 2.82. The molecule has 0 saturated carbocycles. The van der Waals surface area contributed by atoms with Gasteiger partial charge in [-0.15, -0.1) is 0 Å². The first kappa shape index (κ1) is 11.2. The normalized spacial score (nSPS) is 27.4. The average molecular weight is 247 g/mol. The Kier molecular flexibility index (Phi) is 1.94. The van der Waals surface area contributed by atoms with Crippen LogP contribution in [0.5, 0.6) is 0 Å². The fourth-order valence-corrected chi connectivity index (χ4v) is 2.75. The molecule has 0 radical (unpaired) electrons. The summed E-state index contributed by atoms with van der Waals surface area (Å²) in [6, 6.07) is 7.19. The van der Waals surface area contributed by atoms with Crippen molar-refractivity contribution < 1.29 is 19.4 Å². The maximum atomic E-state index is 12.4. The number of carboxylic acid groups (broad SMARTS) is 1. The molecule has 3 rings (SSSR count). The Hall–Kier alpha value is -1.88. The van der Waals surface area contributed by atoms with Gasteiger partial charge in [-0.25, -0.2) is 0 Å². The summed E-state index contributed by atoms with van der Waals surface area (Å²) in [6.07, 6.45) is 0.